The predicted molar refractivity (Wildman–Crippen MR) is 82.4 cm³/mol. The molecule has 0 saturated carbocycles. The van der Waals surface area contributed by atoms with Gasteiger partial charge in [-0.05, 0) is 43.5 Å². The third-order valence-electron chi connectivity index (χ3n) is 3.44. The third-order valence-corrected chi connectivity index (χ3v) is 3.90. The van der Waals surface area contributed by atoms with Gasteiger partial charge in [0.25, 0.3) is 0 Å². The van der Waals surface area contributed by atoms with Crippen molar-refractivity contribution in [2.24, 2.45) is 0 Å². The fraction of sp³-hybridized carbons (Fsp3) is 0.533. The molecule has 0 bridgehead atoms. The first-order valence-electron chi connectivity index (χ1n) is 6.94. The molecule has 4 heteroatoms. The number of rotatable bonds is 3. The van der Waals surface area contributed by atoms with Gasteiger partial charge in [0.2, 0.25) is 5.91 Å². The smallest absolute Gasteiger partial charge is 0.241 e. The van der Waals surface area contributed by atoms with Gasteiger partial charge in [-0.15, -0.1) is 0 Å². The number of benzene rings is 1. The zero-order valence-electron chi connectivity index (χ0n) is 11.4. The van der Waals surface area contributed by atoms with E-state index in [4.69, 9.17) is 0 Å². The zero-order chi connectivity index (χ0) is 13.7. The Labute approximate surface area is 123 Å². The highest BCUT2D eigenvalue weighted by atomic mass is 79.9. The molecule has 2 rings (SSSR count). The summed E-state index contributed by atoms with van der Waals surface area (Å²) in [6, 6.07) is 6.12. The van der Waals surface area contributed by atoms with Gasteiger partial charge < -0.3 is 10.2 Å². The molecular formula is C15H21BrN2O. The molecule has 0 unspecified atom stereocenters. The maximum absolute atomic E-state index is 12.1. The third kappa shape index (κ3) is 4.53. The van der Waals surface area contributed by atoms with Crippen LogP contribution in [0.15, 0.2) is 22.7 Å². The summed E-state index contributed by atoms with van der Waals surface area (Å²) < 4.78 is 1.04. The molecule has 19 heavy (non-hydrogen) atoms. The van der Waals surface area contributed by atoms with E-state index in [1.807, 2.05) is 17.9 Å². The van der Waals surface area contributed by atoms with Crippen LogP contribution >= 0.6 is 15.9 Å². The van der Waals surface area contributed by atoms with Crippen molar-refractivity contribution in [1.29, 1.82) is 0 Å². The van der Waals surface area contributed by atoms with Crippen molar-refractivity contribution in [2.45, 2.75) is 32.6 Å². The molecule has 0 spiro atoms. The van der Waals surface area contributed by atoms with Crippen LogP contribution in [-0.4, -0.2) is 30.4 Å². The molecule has 1 aliphatic heterocycles. The first-order chi connectivity index (χ1) is 9.15. The monoisotopic (exact) mass is 324 g/mol. The van der Waals surface area contributed by atoms with E-state index in [0.717, 1.165) is 36.1 Å². The second-order valence-corrected chi connectivity index (χ2v) is 6.08. The lowest BCUT2D eigenvalue weighted by atomic mass is 10.2. The Bertz CT molecular complexity index is 420. The van der Waals surface area contributed by atoms with Gasteiger partial charge >= 0.3 is 0 Å². The Balaban J connectivity index is 1.88. The second-order valence-electron chi connectivity index (χ2n) is 5.17. The first kappa shape index (κ1) is 14.4. The number of carbonyl (C=O) groups excluding carboxylic acids is 1. The Kier molecular flexibility index (Phi) is 5.25. The van der Waals surface area contributed by atoms with E-state index in [9.17, 15) is 4.79 Å². The lowest BCUT2D eigenvalue weighted by molar-refractivity contribution is -0.129. The van der Waals surface area contributed by atoms with Gasteiger partial charge in [0.05, 0.1) is 6.54 Å². The summed E-state index contributed by atoms with van der Waals surface area (Å²) >= 11 is 3.47. The molecule has 1 N–H and O–H groups in total. The summed E-state index contributed by atoms with van der Waals surface area (Å²) in [4.78, 5) is 14.1. The standard InChI is InChI=1S/C15H21BrN2O/c1-12-8-13(16)10-14(9-12)17-11-15(19)18-6-4-2-3-5-7-18/h8-10,17H,2-7,11H2,1H3. The Morgan fingerprint density at radius 1 is 1.21 bits per heavy atom. The highest BCUT2D eigenvalue weighted by Gasteiger charge is 2.14. The van der Waals surface area contributed by atoms with Gasteiger partial charge in [-0.3, -0.25) is 4.79 Å². The van der Waals surface area contributed by atoms with Crippen molar-refractivity contribution in [1.82, 2.24) is 4.90 Å². The van der Waals surface area contributed by atoms with Crippen molar-refractivity contribution < 1.29 is 4.79 Å². The van der Waals surface area contributed by atoms with Gasteiger partial charge in [-0.1, -0.05) is 28.8 Å². The average molecular weight is 325 g/mol. The number of amides is 1. The van der Waals surface area contributed by atoms with Crippen molar-refractivity contribution >= 4 is 27.5 Å². The van der Waals surface area contributed by atoms with E-state index in [2.05, 4.69) is 33.4 Å². The zero-order valence-corrected chi connectivity index (χ0v) is 13.0. The van der Waals surface area contributed by atoms with Crippen LogP contribution in [0.5, 0.6) is 0 Å². The predicted octanol–water partition coefficient (Wildman–Crippen LogP) is 3.57. The van der Waals surface area contributed by atoms with Crippen molar-refractivity contribution in [2.75, 3.05) is 25.0 Å². The van der Waals surface area contributed by atoms with Crippen molar-refractivity contribution in [3.8, 4) is 0 Å². The van der Waals surface area contributed by atoms with E-state index < -0.39 is 0 Å². The first-order valence-corrected chi connectivity index (χ1v) is 7.73. The van der Waals surface area contributed by atoms with E-state index >= 15 is 0 Å². The van der Waals surface area contributed by atoms with E-state index in [1.54, 1.807) is 0 Å². The summed E-state index contributed by atoms with van der Waals surface area (Å²) in [6.45, 7) is 4.26. The number of halogens is 1. The van der Waals surface area contributed by atoms with Crippen LogP contribution in [0.3, 0.4) is 0 Å². The highest BCUT2D eigenvalue weighted by molar-refractivity contribution is 9.10. The maximum atomic E-state index is 12.1. The van der Waals surface area contributed by atoms with Gasteiger partial charge in [0.1, 0.15) is 0 Å². The minimum atomic E-state index is 0.208. The number of anilines is 1. The molecule has 104 valence electrons. The number of carbonyl (C=O) groups is 1. The summed E-state index contributed by atoms with van der Waals surface area (Å²) in [6.07, 6.45) is 4.79. The van der Waals surface area contributed by atoms with Crippen LogP contribution in [0.4, 0.5) is 5.69 Å². The van der Waals surface area contributed by atoms with Crippen LogP contribution in [0.25, 0.3) is 0 Å². The molecule has 1 heterocycles. The van der Waals surface area contributed by atoms with Crippen molar-refractivity contribution in [3.63, 3.8) is 0 Å². The highest BCUT2D eigenvalue weighted by Crippen LogP contribution is 2.19. The van der Waals surface area contributed by atoms with Gasteiger partial charge in [-0.25, -0.2) is 0 Å². The molecule has 1 saturated heterocycles. The largest absolute Gasteiger partial charge is 0.376 e. The van der Waals surface area contributed by atoms with Gasteiger partial charge in [0.15, 0.2) is 0 Å². The molecule has 1 aliphatic rings. The molecule has 1 aromatic carbocycles. The van der Waals surface area contributed by atoms with E-state index in [1.165, 1.54) is 18.4 Å². The number of likely N-dealkylation sites (tertiary alicyclic amines) is 1. The molecule has 0 aliphatic carbocycles. The lowest BCUT2D eigenvalue weighted by Gasteiger charge is -2.20. The molecule has 1 amide bonds. The Hall–Kier alpha value is -1.03. The SMILES string of the molecule is Cc1cc(Br)cc(NCC(=O)N2CCCCCC2)c1. The molecule has 1 fully saturated rings. The fourth-order valence-corrected chi connectivity index (χ4v) is 3.06. The molecule has 3 nitrogen and oxygen atoms in total. The normalized spacial score (nSPS) is 16.0. The summed E-state index contributed by atoms with van der Waals surface area (Å²) in [5.74, 6) is 0.208. The summed E-state index contributed by atoms with van der Waals surface area (Å²) in [7, 11) is 0. The number of nitrogens with one attached hydrogen (secondary N) is 1. The number of nitrogens with zero attached hydrogens (tertiary/aromatic N) is 1. The molecule has 0 radical (unpaired) electrons. The van der Waals surface area contributed by atoms with Crippen LogP contribution in [0, 0.1) is 6.92 Å². The fourth-order valence-electron chi connectivity index (χ4n) is 2.45. The molecule has 0 atom stereocenters. The Morgan fingerprint density at radius 3 is 2.53 bits per heavy atom. The quantitative estimate of drug-likeness (QED) is 0.921. The van der Waals surface area contributed by atoms with E-state index in [0.29, 0.717) is 6.54 Å². The number of aryl methyl sites for hydroxylation is 1. The minimum absolute atomic E-state index is 0.208. The molecule has 0 aromatic heterocycles. The van der Waals surface area contributed by atoms with Crippen molar-refractivity contribution in [3.05, 3.63) is 28.2 Å². The summed E-state index contributed by atoms with van der Waals surface area (Å²) in [5, 5.41) is 3.22. The van der Waals surface area contributed by atoms with E-state index in [-0.39, 0.29) is 5.91 Å². The minimum Gasteiger partial charge on any atom is -0.376 e. The summed E-state index contributed by atoms with van der Waals surface area (Å²) in [5.41, 5.74) is 2.18. The average Bonchev–Trinajstić information content (AvgIpc) is 2.63. The van der Waals surface area contributed by atoms with Crippen LogP contribution in [0.2, 0.25) is 0 Å². The topological polar surface area (TPSA) is 32.3 Å². The molecule has 1 aromatic rings. The van der Waals surface area contributed by atoms with Gasteiger partial charge in [-0.2, -0.15) is 0 Å². The Morgan fingerprint density at radius 2 is 1.89 bits per heavy atom. The second kappa shape index (κ2) is 6.94. The number of hydrogen-bond acceptors (Lipinski definition) is 2. The maximum Gasteiger partial charge on any atom is 0.241 e. The van der Waals surface area contributed by atoms with Crippen LogP contribution in [0.1, 0.15) is 31.2 Å². The lowest BCUT2D eigenvalue weighted by Crippen LogP contribution is -2.36. The molecular weight excluding hydrogens is 304 g/mol. The van der Waals surface area contributed by atoms with Gasteiger partial charge in [0, 0.05) is 23.2 Å². The van der Waals surface area contributed by atoms with Crippen LogP contribution < -0.4 is 5.32 Å². The number of hydrogen-bond donors (Lipinski definition) is 1. The van der Waals surface area contributed by atoms with Crippen LogP contribution in [-0.2, 0) is 4.79 Å².